The molecule has 0 spiro atoms. The molecule has 2 amide bonds. The zero-order valence-corrected chi connectivity index (χ0v) is 16.5. The second kappa shape index (κ2) is 7.84. The summed E-state index contributed by atoms with van der Waals surface area (Å²) in [6.07, 6.45) is 3.14. The summed E-state index contributed by atoms with van der Waals surface area (Å²) in [4.78, 5) is 28.8. The largest absolute Gasteiger partial charge is 0.335 e. The topological polar surface area (TPSA) is 74.8 Å². The Morgan fingerprint density at radius 2 is 2.04 bits per heavy atom. The molecule has 0 radical (unpaired) electrons. The highest BCUT2D eigenvalue weighted by atomic mass is 32.2. The van der Waals surface area contributed by atoms with E-state index in [9.17, 15) is 18.0 Å². The molecule has 146 valence electrons. The van der Waals surface area contributed by atoms with Crippen LogP contribution in [0.5, 0.6) is 0 Å². The number of aryl methyl sites for hydroxylation is 1. The number of carbonyl (C=O) groups is 2. The molecule has 7 heteroatoms. The normalized spacial score (nSPS) is 24.2. The fourth-order valence-electron chi connectivity index (χ4n) is 3.85. The average Bonchev–Trinajstić information content (AvgIpc) is 3.21. The Morgan fingerprint density at radius 3 is 2.59 bits per heavy atom. The number of hydrogen-bond acceptors (Lipinski definition) is 4. The van der Waals surface area contributed by atoms with Crippen LogP contribution in [0.2, 0.25) is 0 Å². The number of hydrogen-bond donors (Lipinski definition) is 0. The first-order valence-electron chi connectivity index (χ1n) is 9.35. The lowest BCUT2D eigenvalue weighted by Gasteiger charge is -2.29. The first kappa shape index (κ1) is 19.6. The molecule has 0 aromatic heterocycles. The third kappa shape index (κ3) is 4.24. The Hall–Kier alpha value is -2.15. The maximum absolute atomic E-state index is 13.1. The smallest absolute Gasteiger partial charge is 0.228 e. The lowest BCUT2D eigenvalue weighted by Crippen LogP contribution is -2.45. The molecule has 0 N–H and O–H groups in total. The summed E-state index contributed by atoms with van der Waals surface area (Å²) < 4.78 is 23.6. The number of rotatable bonds is 6. The molecular weight excluding hydrogens is 364 g/mol. The summed E-state index contributed by atoms with van der Waals surface area (Å²) in [7, 11) is -3.09. The van der Waals surface area contributed by atoms with E-state index < -0.39 is 15.8 Å². The third-order valence-electron chi connectivity index (χ3n) is 5.39. The van der Waals surface area contributed by atoms with E-state index in [0.29, 0.717) is 19.5 Å². The Morgan fingerprint density at radius 1 is 1.33 bits per heavy atom. The number of benzene rings is 1. The van der Waals surface area contributed by atoms with Gasteiger partial charge < -0.3 is 9.80 Å². The highest BCUT2D eigenvalue weighted by Gasteiger charge is 2.41. The van der Waals surface area contributed by atoms with Gasteiger partial charge in [0.25, 0.3) is 0 Å². The summed E-state index contributed by atoms with van der Waals surface area (Å²) >= 11 is 0. The highest BCUT2D eigenvalue weighted by molar-refractivity contribution is 7.91. The zero-order chi connectivity index (χ0) is 19.6. The van der Waals surface area contributed by atoms with E-state index in [1.807, 2.05) is 24.3 Å². The first-order valence-corrected chi connectivity index (χ1v) is 11.2. The van der Waals surface area contributed by atoms with Crippen LogP contribution in [-0.2, 0) is 25.8 Å². The van der Waals surface area contributed by atoms with E-state index >= 15 is 0 Å². The van der Waals surface area contributed by atoms with Gasteiger partial charge in [-0.2, -0.15) is 0 Å². The van der Waals surface area contributed by atoms with Gasteiger partial charge in [-0.1, -0.05) is 25.1 Å². The van der Waals surface area contributed by atoms with Crippen LogP contribution >= 0.6 is 0 Å². The van der Waals surface area contributed by atoms with E-state index in [2.05, 4.69) is 13.5 Å². The highest BCUT2D eigenvalue weighted by Crippen LogP contribution is 2.28. The van der Waals surface area contributed by atoms with Gasteiger partial charge in [-0.3, -0.25) is 9.59 Å². The van der Waals surface area contributed by atoms with Gasteiger partial charge in [0.2, 0.25) is 11.8 Å². The van der Waals surface area contributed by atoms with Gasteiger partial charge in [-0.15, -0.1) is 6.58 Å². The maximum atomic E-state index is 13.1. The van der Waals surface area contributed by atoms with Gasteiger partial charge in [0.15, 0.2) is 9.84 Å². The van der Waals surface area contributed by atoms with Gasteiger partial charge in [0, 0.05) is 31.2 Å². The minimum atomic E-state index is -3.09. The number of carbonyl (C=O) groups excluding carboxylic acids is 2. The molecule has 0 saturated carbocycles. The Kier molecular flexibility index (Phi) is 5.69. The first-order chi connectivity index (χ1) is 12.8. The molecule has 6 nitrogen and oxygen atoms in total. The Balaban J connectivity index is 1.73. The molecule has 2 unspecified atom stereocenters. The minimum Gasteiger partial charge on any atom is -0.335 e. The van der Waals surface area contributed by atoms with Gasteiger partial charge >= 0.3 is 0 Å². The van der Waals surface area contributed by atoms with Crippen molar-refractivity contribution >= 4 is 27.3 Å². The molecule has 0 aliphatic carbocycles. The standard InChI is InChI=1S/C20H26N2O4S/c1-3-10-21(18-9-11-27(25,26)14-18)20(24)16-12-19(23)22(13-16)17-7-5-15(4-2)6-8-17/h3,5-8,16,18H,1,4,9-14H2,2H3. The van der Waals surface area contributed by atoms with Crippen molar-refractivity contribution in [2.24, 2.45) is 5.92 Å². The summed E-state index contributed by atoms with van der Waals surface area (Å²) in [5.41, 5.74) is 1.99. The van der Waals surface area contributed by atoms with E-state index in [1.54, 1.807) is 15.9 Å². The molecule has 2 fully saturated rings. The van der Waals surface area contributed by atoms with Crippen molar-refractivity contribution in [1.82, 2.24) is 4.90 Å². The molecule has 0 bridgehead atoms. The summed E-state index contributed by atoms with van der Waals surface area (Å²) in [5, 5.41) is 0. The Labute approximate surface area is 160 Å². The molecule has 2 aliphatic heterocycles. The lowest BCUT2D eigenvalue weighted by molar-refractivity contribution is -0.137. The van der Waals surface area contributed by atoms with Crippen molar-refractivity contribution in [3.63, 3.8) is 0 Å². The summed E-state index contributed by atoms with van der Waals surface area (Å²) in [5.74, 6) is -0.576. The van der Waals surface area contributed by atoms with Crippen LogP contribution in [-0.4, -0.2) is 55.8 Å². The molecule has 3 rings (SSSR count). The number of anilines is 1. The van der Waals surface area contributed by atoms with Crippen LogP contribution < -0.4 is 4.90 Å². The second-order valence-electron chi connectivity index (χ2n) is 7.26. The van der Waals surface area contributed by atoms with Crippen LogP contribution in [0.4, 0.5) is 5.69 Å². The van der Waals surface area contributed by atoms with E-state index in [1.165, 1.54) is 5.56 Å². The molecule has 2 heterocycles. The fourth-order valence-corrected chi connectivity index (χ4v) is 5.58. The molecule has 27 heavy (non-hydrogen) atoms. The van der Waals surface area contributed by atoms with Crippen molar-refractivity contribution in [2.75, 3.05) is 29.5 Å². The van der Waals surface area contributed by atoms with E-state index in [-0.39, 0.29) is 35.8 Å². The van der Waals surface area contributed by atoms with Crippen LogP contribution in [0.1, 0.15) is 25.3 Å². The van der Waals surface area contributed by atoms with Crippen molar-refractivity contribution in [2.45, 2.75) is 32.2 Å². The number of sulfone groups is 1. The van der Waals surface area contributed by atoms with Crippen LogP contribution in [0, 0.1) is 5.92 Å². The predicted molar refractivity (Wildman–Crippen MR) is 105 cm³/mol. The van der Waals surface area contributed by atoms with Gasteiger partial charge in [-0.05, 0) is 30.5 Å². The van der Waals surface area contributed by atoms with Crippen LogP contribution in [0.3, 0.4) is 0 Å². The monoisotopic (exact) mass is 390 g/mol. The van der Waals surface area contributed by atoms with Crippen molar-refractivity contribution in [3.8, 4) is 0 Å². The summed E-state index contributed by atoms with van der Waals surface area (Å²) in [6.45, 7) is 6.39. The van der Waals surface area contributed by atoms with Crippen molar-refractivity contribution in [1.29, 1.82) is 0 Å². The van der Waals surface area contributed by atoms with Gasteiger partial charge in [0.1, 0.15) is 0 Å². The lowest BCUT2D eigenvalue weighted by atomic mass is 10.1. The second-order valence-corrected chi connectivity index (χ2v) is 9.49. The molecular formula is C20H26N2O4S. The van der Waals surface area contributed by atoms with Crippen LogP contribution in [0.15, 0.2) is 36.9 Å². The van der Waals surface area contributed by atoms with E-state index in [4.69, 9.17) is 0 Å². The van der Waals surface area contributed by atoms with E-state index in [0.717, 1.165) is 12.1 Å². The van der Waals surface area contributed by atoms with Crippen LogP contribution in [0.25, 0.3) is 0 Å². The number of amides is 2. The van der Waals surface area contributed by atoms with Crippen molar-refractivity contribution in [3.05, 3.63) is 42.5 Å². The number of nitrogens with zero attached hydrogens (tertiary/aromatic N) is 2. The van der Waals surface area contributed by atoms with Gasteiger partial charge in [-0.25, -0.2) is 8.42 Å². The zero-order valence-electron chi connectivity index (χ0n) is 15.6. The maximum Gasteiger partial charge on any atom is 0.228 e. The minimum absolute atomic E-state index is 0.00452. The van der Waals surface area contributed by atoms with Gasteiger partial charge in [0.05, 0.1) is 17.4 Å². The quantitative estimate of drug-likeness (QED) is 0.694. The average molecular weight is 391 g/mol. The molecule has 2 aliphatic rings. The Bertz CT molecular complexity index is 832. The predicted octanol–water partition coefficient (Wildman–Crippen LogP) is 1.80. The fraction of sp³-hybridized carbons (Fsp3) is 0.500. The SMILES string of the molecule is C=CCN(C(=O)C1CC(=O)N(c2ccc(CC)cc2)C1)C1CCS(=O)(=O)C1. The van der Waals surface area contributed by atoms with Crippen molar-refractivity contribution < 1.29 is 18.0 Å². The molecule has 1 aromatic carbocycles. The molecule has 1 aromatic rings. The summed E-state index contributed by atoms with van der Waals surface area (Å²) in [6, 6.07) is 7.48. The molecule has 2 saturated heterocycles. The third-order valence-corrected chi connectivity index (χ3v) is 7.14. The molecule has 2 atom stereocenters.